The topological polar surface area (TPSA) is 114 Å². The lowest BCUT2D eigenvalue weighted by Crippen LogP contribution is -2.28. The number of aromatic nitrogens is 2. The number of aliphatic hydroxyl groups excluding tert-OH is 1. The van der Waals surface area contributed by atoms with Crippen molar-refractivity contribution >= 4 is 45.3 Å². The number of hydrogen-bond donors (Lipinski definition) is 3. The van der Waals surface area contributed by atoms with E-state index in [9.17, 15) is 13.6 Å². The summed E-state index contributed by atoms with van der Waals surface area (Å²) < 4.78 is 27.8. The number of para-hydroxylation sites is 1. The minimum absolute atomic E-state index is 0.0593. The summed E-state index contributed by atoms with van der Waals surface area (Å²) in [5.41, 5.74) is 2.57. The predicted molar refractivity (Wildman–Crippen MR) is 137 cm³/mol. The lowest BCUT2D eigenvalue weighted by molar-refractivity contribution is 0.0835. The summed E-state index contributed by atoms with van der Waals surface area (Å²) in [5, 5.41) is 16.7. The Balaban J connectivity index is 1.59. The number of nitrogens with one attached hydrogen (secondary N) is 1. The summed E-state index contributed by atoms with van der Waals surface area (Å²) in [5.74, 6) is -0.345. The highest BCUT2D eigenvalue weighted by Gasteiger charge is 2.26. The SMILES string of the molecule is O=C(NCCOCCO)c1cc(C2=CCC(c3cccc(S(=O)O)c3)S2)n(-c2ccccc2Cl)n1. The van der Waals surface area contributed by atoms with Gasteiger partial charge in [0.15, 0.2) is 16.8 Å². The molecule has 0 bridgehead atoms. The highest BCUT2D eigenvalue weighted by Crippen LogP contribution is 2.48. The molecule has 184 valence electrons. The molecule has 1 aliphatic heterocycles. The van der Waals surface area contributed by atoms with E-state index in [1.54, 1.807) is 46.8 Å². The van der Waals surface area contributed by atoms with E-state index in [2.05, 4.69) is 16.5 Å². The monoisotopic (exact) mass is 533 g/mol. The van der Waals surface area contributed by atoms with Gasteiger partial charge in [0, 0.05) is 16.7 Å². The zero-order valence-electron chi connectivity index (χ0n) is 18.6. The van der Waals surface area contributed by atoms with Crippen LogP contribution in [-0.4, -0.2) is 55.9 Å². The molecule has 8 nitrogen and oxygen atoms in total. The first-order valence-corrected chi connectivity index (χ1v) is 13.2. The van der Waals surface area contributed by atoms with Gasteiger partial charge >= 0.3 is 0 Å². The molecule has 3 N–H and O–H groups in total. The Morgan fingerprint density at radius 2 is 2.06 bits per heavy atom. The number of benzene rings is 2. The quantitative estimate of drug-likeness (QED) is 0.266. The second-order valence-corrected chi connectivity index (χ2v) is 10.2. The van der Waals surface area contributed by atoms with Crippen molar-refractivity contribution in [1.29, 1.82) is 0 Å². The van der Waals surface area contributed by atoms with Crippen LogP contribution in [0.1, 0.15) is 33.4 Å². The number of carbonyl (C=O) groups excluding carboxylic acids is 1. The van der Waals surface area contributed by atoms with Crippen molar-refractivity contribution < 1.29 is 23.4 Å². The summed E-state index contributed by atoms with van der Waals surface area (Å²) in [7, 11) is 0. The molecule has 1 aromatic heterocycles. The summed E-state index contributed by atoms with van der Waals surface area (Å²) in [6, 6.07) is 16.1. The van der Waals surface area contributed by atoms with E-state index in [-0.39, 0.29) is 43.2 Å². The third-order valence-electron chi connectivity index (χ3n) is 5.26. The summed E-state index contributed by atoms with van der Waals surface area (Å²) in [6.45, 7) is 0.709. The van der Waals surface area contributed by atoms with E-state index >= 15 is 0 Å². The van der Waals surface area contributed by atoms with Crippen LogP contribution in [0.3, 0.4) is 0 Å². The standard InChI is InChI=1S/C24H24ClN3O5S2/c25-18-6-1-2-7-20(18)28-21(15-19(27-28)24(30)26-10-12-33-13-11-29)23-9-8-22(34-23)16-4-3-5-17(14-16)35(31)32/h1-7,9,14-15,22,29H,8,10-13H2,(H,26,30)(H,31,32). The van der Waals surface area contributed by atoms with Gasteiger partial charge in [-0.2, -0.15) is 5.10 Å². The van der Waals surface area contributed by atoms with Crippen LogP contribution in [-0.2, 0) is 15.8 Å². The molecule has 2 aromatic carbocycles. The van der Waals surface area contributed by atoms with Gasteiger partial charge in [-0.15, -0.1) is 11.8 Å². The van der Waals surface area contributed by atoms with Crippen LogP contribution in [0.4, 0.5) is 0 Å². The van der Waals surface area contributed by atoms with Gasteiger partial charge in [0.1, 0.15) is 0 Å². The molecular weight excluding hydrogens is 510 g/mol. The van der Waals surface area contributed by atoms with Gasteiger partial charge in [0.2, 0.25) is 0 Å². The van der Waals surface area contributed by atoms with Crippen molar-refractivity contribution in [3.05, 3.63) is 82.6 Å². The van der Waals surface area contributed by atoms with Crippen LogP contribution in [0.25, 0.3) is 10.6 Å². The number of aliphatic hydroxyl groups is 1. The third kappa shape index (κ3) is 6.21. The molecule has 1 aliphatic rings. The number of thioether (sulfide) groups is 1. The van der Waals surface area contributed by atoms with E-state index < -0.39 is 11.1 Å². The van der Waals surface area contributed by atoms with Gasteiger partial charge in [-0.05, 0) is 42.3 Å². The van der Waals surface area contributed by atoms with Crippen molar-refractivity contribution in [2.75, 3.05) is 26.4 Å². The maximum absolute atomic E-state index is 12.8. The molecular formula is C24H24ClN3O5S2. The molecule has 0 fully saturated rings. The van der Waals surface area contributed by atoms with Gasteiger partial charge in [0.05, 0.1) is 41.1 Å². The Bertz CT molecular complexity index is 1260. The van der Waals surface area contributed by atoms with Crippen LogP contribution in [0.15, 0.2) is 65.6 Å². The molecule has 0 radical (unpaired) electrons. The number of carbonyl (C=O) groups is 1. The fraction of sp³-hybridized carbons (Fsp3) is 0.250. The molecule has 2 heterocycles. The van der Waals surface area contributed by atoms with Crippen LogP contribution in [0.5, 0.6) is 0 Å². The van der Waals surface area contributed by atoms with E-state index in [4.69, 9.17) is 21.4 Å². The molecule has 35 heavy (non-hydrogen) atoms. The van der Waals surface area contributed by atoms with E-state index in [0.29, 0.717) is 15.6 Å². The lowest BCUT2D eigenvalue weighted by atomic mass is 10.1. The van der Waals surface area contributed by atoms with Gasteiger partial charge in [-0.25, -0.2) is 8.89 Å². The van der Waals surface area contributed by atoms with Crippen molar-refractivity contribution in [2.45, 2.75) is 16.6 Å². The van der Waals surface area contributed by atoms with Crippen LogP contribution >= 0.6 is 23.4 Å². The minimum Gasteiger partial charge on any atom is -0.394 e. The minimum atomic E-state index is -2.04. The Kier molecular flexibility index (Phi) is 8.77. The zero-order valence-corrected chi connectivity index (χ0v) is 21.0. The number of ether oxygens (including phenoxy) is 1. The zero-order chi connectivity index (χ0) is 24.8. The van der Waals surface area contributed by atoms with Gasteiger partial charge in [-0.3, -0.25) is 4.79 Å². The molecule has 2 unspecified atom stereocenters. The second-order valence-electron chi connectivity index (χ2n) is 7.60. The van der Waals surface area contributed by atoms with Gasteiger partial charge in [0.25, 0.3) is 5.91 Å². The molecule has 1 amide bonds. The second kappa shape index (κ2) is 12.0. The first-order chi connectivity index (χ1) is 17.0. The number of amides is 1. The molecule has 0 aliphatic carbocycles. The average molecular weight is 534 g/mol. The highest BCUT2D eigenvalue weighted by molar-refractivity contribution is 8.08. The maximum Gasteiger partial charge on any atom is 0.271 e. The molecule has 2 atom stereocenters. The highest BCUT2D eigenvalue weighted by atomic mass is 35.5. The third-order valence-corrected chi connectivity index (χ3v) is 7.62. The number of hydrogen-bond acceptors (Lipinski definition) is 6. The number of halogens is 1. The Hall–Kier alpha value is -2.47. The van der Waals surface area contributed by atoms with Crippen LogP contribution < -0.4 is 5.32 Å². The molecule has 4 rings (SSSR count). The summed E-state index contributed by atoms with van der Waals surface area (Å²) in [6.07, 6.45) is 2.80. The normalized spacial score (nSPS) is 16.2. The van der Waals surface area contributed by atoms with E-state index in [1.807, 2.05) is 24.3 Å². The number of nitrogens with zero attached hydrogens (tertiary/aromatic N) is 2. The largest absolute Gasteiger partial charge is 0.394 e. The maximum atomic E-state index is 12.8. The molecule has 3 aromatic rings. The predicted octanol–water partition coefficient (Wildman–Crippen LogP) is 4.06. The molecule has 0 saturated heterocycles. The average Bonchev–Trinajstić information content (AvgIpc) is 3.52. The van der Waals surface area contributed by atoms with Crippen molar-refractivity contribution in [3.63, 3.8) is 0 Å². The molecule has 0 spiro atoms. The summed E-state index contributed by atoms with van der Waals surface area (Å²) >= 11 is 6.01. The Morgan fingerprint density at radius 3 is 2.83 bits per heavy atom. The van der Waals surface area contributed by atoms with Crippen LogP contribution in [0, 0.1) is 0 Å². The smallest absolute Gasteiger partial charge is 0.271 e. The van der Waals surface area contributed by atoms with E-state index in [0.717, 1.165) is 22.6 Å². The first-order valence-electron chi connectivity index (χ1n) is 10.9. The van der Waals surface area contributed by atoms with Gasteiger partial charge < -0.3 is 19.7 Å². The fourth-order valence-corrected chi connectivity index (χ4v) is 5.51. The lowest BCUT2D eigenvalue weighted by Gasteiger charge is -2.13. The van der Waals surface area contributed by atoms with Gasteiger partial charge in [-0.1, -0.05) is 41.9 Å². The van der Waals surface area contributed by atoms with Crippen LogP contribution in [0.2, 0.25) is 5.02 Å². The fourth-order valence-electron chi connectivity index (χ4n) is 3.62. The number of allylic oxidation sites excluding steroid dienone is 1. The summed E-state index contributed by atoms with van der Waals surface area (Å²) in [4.78, 5) is 14.1. The number of rotatable bonds is 10. The molecule has 0 saturated carbocycles. The van der Waals surface area contributed by atoms with E-state index in [1.165, 1.54) is 0 Å². The van der Waals surface area contributed by atoms with Crippen molar-refractivity contribution in [1.82, 2.24) is 15.1 Å². The first kappa shape index (κ1) is 25.6. The molecule has 11 heteroatoms. The van der Waals surface area contributed by atoms with Crippen molar-refractivity contribution in [3.8, 4) is 5.69 Å². The Morgan fingerprint density at radius 1 is 1.23 bits per heavy atom. The van der Waals surface area contributed by atoms with Crippen molar-refractivity contribution in [2.24, 2.45) is 0 Å². The Labute approximate surface area is 214 Å².